The molecule has 9 heteroatoms. The summed E-state index contributed by atoms with van der Waals surface area (Å²) >= 11 is 3.68. The Hall–Kier alpha value is -3.27. The Balaban J connectivity index is 1.32. The number of alkyl halides is 1. The van der Waals surface area contributed by atoms with Gasteiger partial charge in [0, 0.05) is 17.1 Å². The first-order valence-electron chi connectivity index (χ1n) is 13.2. The van der Waals surface area contributed by atoms with Crippen LogP contribution in [0.4, 0.5) is 5.69 Å². The first-order valence-corrected chi connectivity index (χ1v) is 14.1. The van der Waals surface area contributed by atoms with E-state index in [-0.39, 0.29) is 23.2 Å². The molecule has 6 rings (SSSR count). The molecule has 0 saturated carbocycles. The molecule has 0 aromatic heterocycles. The highest BCUT2D eigenvalue weighted by atomic mass is 79.9. The largest absolute Gasteiger partial charge is 0.394 e. The van der Waals surface area contributed by atoms with Gasteiger partial charge in [-0.15, -0.1) is 0 Å². The number of rotatable bonds is 7. The number of aliphatic hydroxyl groups excluding tert-OH is 1. The van der Waals surface area contributed by atoms with E-state index >= 15 is 0 Å². The Bertz CT molecular complexity index is 1430. The van der Waals surface area contributed by atoms with E-state index in [1.54, 1.807) is 6.92 Å². The third kappa shape index (κ3) is 4.23. The van der Waals surface area contributed by atoms with Gasteiger partial charge >= 0.3 is 0 Å². The first-order chi connectivity index (χ1) is 18.8. The molecule has 3 fully saturated rings. The Morgan fingerprint density at radius 3 is 2.54 bits per heavy atom. The van der Waals surface area contributed by atoms with Crippen molar-refractivity contribution in [2.45, 2.75) is 48.5 Å². The van der Waals surface area contributed by atoms with Crippen LogP contribution in [0.15, 0.2) is 72.8 Å². The summed E-state index contributed by atoms with van der Waals surface area (Å²) in [5.74, 6) is -2.59. The van der Waals surface area contributed by atoms with Crippen molar-refractivity contribution in [3.05, 3.63) is 78.4 Å². The third-order valence-electron chi connectivity index (χ3n) is 8.34. The van der Waals surface area contributed by atoms with E-state index in [2.05, 4.69) is 26.6 Å². The van der Waals surface area contributed by atoms with Crippen LogP contribution in [0, 0.1) is 11.8 Å². The van der Waals surface area contributed by atoms with Gasteiger partial charge in [0.05, 0.1) is 30.6 Å². The van der Waals surface area contributed by atoms with Gasteiger partial charge < -0.3 is 25.4 Å². The number of nitrogens with one attached hydrogen (secondary N) is 2. The molecule has 7 atom stereocenters. The van der Waals surface area contributed by atoms with E-state index in [1.807, 2.05) is 72.8 Å². The maximum atomic E-state index is 14.0. The summed E-state index contributed by atoms with van der Waals surface area (Å²) in [6.07, 6.45) is -0.140. The maximum absolute atomic E-state index is 14.0. The fourth-order valence-corrected chi connectivity index (χ4v) is 7.55. The average Bonchev–Trinajstić information content (AvgIpc) is 3.55. The van der Waals surface area contributed by atoms with Gasteiger partial charge in [-0.25, -0.2) is 0 Å². The normalized spacial score (nSPS) is 29.9. The van der Waals surface area contributed by atoms with Crippen molar-refractivity contribution < 1.29 is 24.2 Å². The number of ether oxygens (including phenoxy) is 1. The lowest BCUT2D eigenvalue weighted by Crippen LogP contribution is -2.56. The number of amides is 3. The van der Waals surface area contributed by atoms with Crippen molar-refractivity contribution in [3.8, 4) is 0 Å². The Kier molecular flexibility index (Phi) is 6.69. The van der Waals surface area contributed by atoms with Gasteiger partial charge in [0.15, 0.2) is 0 Å². The van der Waals surface area contributed by atoms with Crippen molar-refractivity contribution in [1.29, 1.82) is 0 Å². The van der Waals surface area contributed by atoms with Gasteiger partial charge in [-0.3, -0.25) is 14.4 Å². The Labute approximate surface area is 234 Å². The van der Waals surface area contributed by atoms with E-state index in [0.717, 1.165) is 16.3 Å². The topological polar surface area (TPSA) is 108 Å². The van der Waals surface area contributed by atoms with Crippen molar-refractivity contribution in [3.63, 3.8) is 0 Å². The number of aliphatic hydroxyl groups is 1. The molecule has 2 bridgehead atoms. The zero-order chi connectivity index (χ0) is 27.3. The van der Waals surface area contributed by atoms with Crippen molar-refractivity contribution >= 4 is 50.1 Å². The molecular formula is C30H30BrN3O5. The summed E-state index contributed by atoms with van der Waals surface area (Å²) in [5.41, 5.74) is 0.360. The van der Waals surface area contributed by atoms with Gasteiger partial charge in [-0.05, 0) is 41.8 Å². The zero-order valence-electron chi connectivity index (χ0n) is 21.4. The highest BCUT2D eigenvalue weighted by Gasteiger charge is 2.76. The van der Waals surface area contributed by atoms with Crippen LogP contribution in [-0.4, -0.2) is 63.0 Å². The van der Waals surface area contributed by atoms with Crippen LogP contribution in [0.1, 0.15) is 18.9 Å². The number of carbonyl (C=O) groups is 3. The first kappa shape index (κ1) is 26.0. The Morgan fingerprint density at radius 1 is 1.08 bits per heavy atom. The minimum Gasteiger partial charge on any atom is -0.394 e. The van der Waals surface area contributed by atoms with Crippen LogP contribution in [0.2, 0.25) is 0 Å². The predicted octanol–water partition coefficient (Wildman–Crippen LogP) is 3.22. The highest BCUT2D eigenvalue weighted by Crippen LogP contribution is 2.60. The molecule has 202 valence electrons. The van der Waals surface area contributed by atoms with E-state index in [9.17, 15) is 19.5 Å². The summed E-state index contributed by atoms with van der Waals surface area (Å²) in [5, 5.41) is 18.0. The number of fused-ring (bicyclic) bond motifs is 2. The van der Waals surface area contributed by atoms with Crippen LogP contribution >= 0.6 is 15.9 Å². The molecule has 3 aliphatic heterocycles. The number of carbonyl (C=O) groups excluding carboxylic acids is 3. The fourth-order valence-electron chi connectivity index (χ4n) is 6.61. The van der Waals surface area contributed by atoms with Crippen LogP contribution in [0.5, 0.6) is 0 Å². The molecule has 3 unspecified atom stereocenters. The molecule has 0 radical (unpaired) electrons. The standard InChI is InChI=1S/C30H30BrN3O5/c1-17(16-35)34-26(28(37)33-21-12-11-19-9-5-6-10-20(19)13-21)30-14-22(31)25(39-30)23(24(30)29(34)38)27(36)32-15-18-7-3-2-4-8-18/h2-13,17,22-26,35H,14-16H2,1H3,(H,32,36)(H,33,37)/t17-,22?,23+,24+,25+,26?,30?/m1/s1. The summed E-state index contributed by atoms with van der Waals surface area (Å²) in [6.45, 7) is 1.71. The predicted molar refractivity (Wildman–Crippen MR) is 150 cm³/mol. The lowest BCUT2D eigenvalue weighted by molar-refractivity contribution is -0.143. The van der Waals surface area contributed by atoms with Crippen LogP contribution in [0.25, 0.3) is 10.8 Å². The number of nitrogens with zero attached hydrogens (tertiary/aromatic N) is 1. The molecule has 3 N–H and O–H groups in total. The van der Waals surface area contributed by atoms with Crippen molar-refractivity contribution in [2.24, 2.45) is 11.8 Å². The number of hydrogen-bond donors (Lipinski definition) is 3. The van der Waals surface area contributed by atoms with Crippen molar-refractivity contribution in [1.82, 2.24) is 10.2 Å². The quantitative estimate of drug-likeness (QED) is 0.366. The van der Waals surface area contributed by atoms with Gasteiger partial charge in [-0.1, -0.05) is 76.6 Å². The fraction of sp³-hybridized carbons (Fsp3) is 0.367. The van der Waals surface area contributed by atoms with Gasteiger partial charge in [0.1, 0.15) is 11.6 Å². The maximum Gasteiger partial charge on any atom is 0.250 e. The number of likely N-dealkylation sites (tertiary alicyclic amines) is 1. The van der Waals surface area contributed by atoms with Crippen LogP contribution in [0.3, 0.4) is 0 Å². The minimum absolute atomic E-state index is 0.200. The van der Waals surface area contributed by atoms with E-state index in [4.69, 9.17) is 4.74 Å². The number of halogens is 1. The highest BCUT2D eigenvalue weighted by molar-refractivity contribution is 9.09. The molecule has 0 aliphatic carbocycles. The minimum atomic E-state index is -1.19. The van der Waals surface area contributed by atoms with Crippen molar-refractivity contribution in [2.75, 3.05) is 11.9 Å². The second-order valence-electron chi connectivity index (χ2n) is 10.7. The molecule has 3 amide bonds. The number of benzene rings is 3. The number of hydrogen-bond acceptors (Lipinski definition) is 5. The van der Waals surface area contributed by atoms with Gasteiger partial charge in [0.25, 0.3) is 0 Å². The van der Waals surface area contributed by atoms with E-state index < -0.39 is 41.5 Å². The molecule has 39 heavy (non-hydrogen) atoms. The smallest absolute Gasteiger partial charge is 0.250 e. The molecular weight excluding hydrogens is 562 g/mol. The van der Waals surface area contributed by atoms with E-state index in [1.165, 1.54) is 4.90 Å². The summed E-state index contributed by atoms with van der Waals surface area (Å²) in [6, 6.07) is 21.4. The zero-order valence-corrected chi connectivity index (χ0v) is 23.0. The second-order valence-corrected chi connectivity index (χ2v) is 11.9. The molecule has 1 spiro atoms. The monoisotopic (exact) mass is 591 g/mol. The van der Waals surface area contributed by atoms with Gasteiger partial charge in [0.2, 0.25) is 17.7 Å². The second kappa shape index (κ2) is 10.0. The summed E-state index contributed by atoms with van der Waals surface area (Å²) in [4.78, 5) is 42.7. The van der Waals surface area contributed by atoms with Crippen LogP contribution in [-0.2, 0) is 25.7 Å². The summed E-state index contributed by atoms with van der Waals surface area (Å²) < 4.78 is 6.51. The number of anilines is 1. The molecule has 3 aliphatic rings. The van der Waals surface area contributed by atoms with E-state index in [0.29, 0.717) is 18.7 Å². The molecule has 8 nitrogen and oxygen atoms in total. The Morgan fingerprint density at radius 2 is 1.79 bits per heavy atom. The third-order valence-corrected chi connectivity index (χ3v) is 9.19. The molecule has 3 aromatic carbocycles. The van der Waals surface area contributed by atoms with Crippen LogP contribution < -0.4 is 10.6 Å². The molecule has 3 heterocycles. The molecule has 3 aromatic rings. The lowest BCUT2D eigenvalue weighted by Gasteiger charge is -2.35. The SMILES string of the molecule is C[C@H](CO)N1C(=O)[C@@H]2[C@H](C(=O)NCc3ccccc3)[C@H]3OC2(CC3Br)C1C(=O)Nc1ccc2ccccc2c1. The van der Waals surface area contributed by atoms with Gasteiger partial charge in [-0.2, -0.15) is 0 Å². The average molecular weight is 592 g/mol. The summed E-state index contributed by atoms with van der Waals surface area (Å²) in [7, 11) is 0. The molecule has 3 saturated heterocycles. The lowest BCUT2D eigenvalue weighted by atomic mass is 9.70.